The molecule has 3 rings (SSSR count). The summed E-state index contributed by atoms with van der Waals surface area (Å²) in [5.74, 6) is 0.904. The van der Waals surface area contributed by atoms with Gasteiger partial charge in [-0.25, -0.2) is 0 Å². The number of carbonyl (C=O) groups is 1. The Bertz CT molecular complexity index is 818. The average Bonchev–Trinajstić information content (AvgIpc) is 2.97. The zero-order chi connectivity index (χ0) is 18.4. The molecule has 1 amide bonds. The van der Waals surface area contributed by atoms with Crippen LogP contribution in [0, 0.1) is 0 Å². The Balaban J connectivity index is 1.95. The number of aromatic nitrogens is 3. The molecule has 1 aliphatic heterocycles. The normalized spacial score (nSPS) is 17.5. The molecule has 0 saturated heterocycles. The summed E-state index contributed by atoms with van der Waals surface area (Å²) in [5, 5.41) is 7.64. The third kappa shape index (κ3) is 2.99. The van der Waals surface area contributed by atoms with Crippen LogP contribution in [0.25, 0.3) is 0 Å². The molecular formula is C16H16ClF3N4O. The van der Waals surface area contributed by atoms with Gasteiger partial charge in [-0.15, -0.1) is 10.2 Å². The second kappa shape index (κ2) is 6.33. The summed E-state index contributed by atoms with van der Waals surface area (Å²) in [4.78, 5) is 14.3. The minimum absolute atomic E-state index is 0.160. The molecule has 0 radical (unpaired) electrons. The summed E-state index contributed by atoms with van der Waals surface area (Å²) >= 11 is 5.88. The van der Waals surface area contributed by atoms with Crippen molar-refractivity contribution in [3.05, 3.63) is 46.0 Å². The minimum Gasteiger partial charge on any atom is -0.327 e. The Morgan fingerprint density at radius 1 is 1.32 bits per heavy atom. The monoisotopic (exact) mass is 372 g/mol. The molecule has 1 aromatic heterocycles. The number of aryl methyl sites for hydroxylation is 1. The quantitative estimate of drug-likeness (QED) is 0.807. The van der Waals surface area contributed by atoms with Gasteiger partial charge in [0.1, 0.15) is 5.82 Å². The van der Waals surface area contributed by atoms with E-state index in [9.17, 15) is 18.0 Å². The van der Waals surface area contributed by atoms with E-state index in [2.05, 4.69) is 10.2 Å². The van der Waals surface area contributed by atoms with Crippen molar-refractivity contribution in [2.24, 2.45) is 0 Å². The lowest BCUT2D eigenvalue weighted by molar-refractivity contribution is -0.137. The molecule has 1 atom stereocenters. The van der Waals surface area contributed by atoms with E-state index in [-0.39, 0.29) is 5.56 Å². The Hall–Kier alpha value is -2.09. The number of amides is 1. The Labute approximate surface area is 147 Å². The summed E-state index contributed by atoms with van der Waals surface area (Å²) in [7, 11) is 0. The highest BCUT2D eigenvalue weighted by atomic mass is 35.5. The summed E-state index contributed by atoms with van der Waals surface area (Å²) < 4.78 is 41.0. The van der Waals surface area contributed by atoms with Gasteiger partial charge in [0.25, 0.3) is 5.91 Å². The SMILES string of the molecule is CCc1nnc2n1CCN(C(=O)c1cccc(C(F)(F)F)c1Cl)[C@H]2C. The fourth-order valence-corrected chi connectivity index (χ4v) is 3.37. The largest absolute Gasteiger partial charge is 0.417 e. The Morgan fingerprint density at radius 3 is 2.68 bits per heavy atom. The van der Waals surface area contributed by atoms with Gasteiger partial charge in [-0.3, -0.25) is 4.79 Å². The van der Waals surface area contributed by atoms with Crippen LogP contribution in [0.5, 0.6) is 0 Å². The molecule has 0 saturated carbocycles. The second-order valence-corrected chi connectivity index (χ2v) is 6.20. The molecule has 0 N–H and O–H groups in total. The predicted octanol–water partition coefficient (Wildman–Crippen LogP) is 3.73. The number of alkyl halides is 3. The summed E-state index contributed by atoms with van der Waals surface area (Å²) in [6, 6.07) is 2.96. The van der Waals surface area contributed by atoms with Gasteiger partial charge in [0.15, 0.2) is 5.82 Å². The molecule has 0 aliphatic carbocycles. The van der Waals surface area contributed by atoms with Crippen molar-refractivity contribution in [3.63, 3.8) is 0 Å². The van der Waals surface area contributed by atoms with Crippen LogP contribution < -0.4 is 0 Å². The predicted molar refractivity (Wildman–Crippen MR) is 85.3 cm³/mol. The first-order chi connectivity index (χ1) is 11.8. The molecule has 2 heterocycles. The van der Waals surface area contributed by atoms with Crippen LogP contribution in [0.2, 0.25) is 5.02 Å². The summed E-state index contributed by atoms with van der Waals surface area (Å²) in [5.41, 5.74) is -1.17. The van der Waals surface area contributed by atoms with Crippen LogP contribution in [-0.4, -0.2) is 32.1 Å². The molecule has 25 heavy (non-hydrogen) atoms. The van der Waals surface area contributed by atoms with Gasteiger partial charge < -0.3 is 9.47 Å². The maximum absolute atomic E-state index is 13.0. The van der Waals surface area contributed by atoms with Crippen molar-refractivity contribution < 1.29 is 18.0 Å². The lowest BCUT2D eigenvalue weighted by atomic mass is 10.1. The molecule has 5 nitrogen and oxygen atoms in total. The number of carbonyl (C=O) groups excluding carboxylic acids is 1. The molecule has 9 heteroatoms. The van der Waals surface area contributed by atoms with Crippen LogP contribution in [-0.2, 0) is 19.1 Å². The van der Waals surface area contributed by atoms with Crippen molar-refractivity contribution in [2.75, 3.05) is 6.54 Å². The first-order valence-corrected chi connectivity index (χ1v) is 8.22. The van der Waals surface area contributed by atoms with E-state index >= 15 is 0 Å². The number of hydrogen-bond acceptors (Lipinski definition) is 3. The van der Waals surface area contributed by atoms with Crippen LogP contribution >= 0.6 is 11.6 Å². The smallest absolute Gasteiger partial charge is 0.327 e. The van der Waals surface area contributed by atoms with Crippen molar-refractivity contribution >= 4 is 17.5 Å². The van der Waals surface area contributed by atoms with E-state index in [4.69, 9.17) is 11.6 Å². The molecule has 0 spiro atoms. The molecule has 2 aromatic rings. The number of hydrogen-bond donors (Lipinski definition) is 0. The van der Waals surface area contributed by atoms with Crippen LogP contribution in [0.3, 0.4) is 0 Å². The summed E-state index contributed by atoms with van der Waals surface area (Å²) in [6.07, 6.45) is -3.90. The maximum Gasteiger partial charge on any atom is 0.417 e. The van der Waals surface area contributed by atoms with Gasteiger partial charge >= 0.3 is 6.18 Å². The molecule has 0 bridgehead atoms. The molecule has 0 unspecified atom stereocenters. The van der Waals surface area contributed by atoms with E-state index in [0.29, 0.717) is 25.3 Å². The maximum atomic E-state index is 13.0. The van der Waals surface area contributed by atoms with Crippen molar-refractivity contribution in [1.29, 1.82) is 0 Å². The highest BCUT2D eigenvalue weighted by Gasteiger charge is 2.37. The number of rotatable bonds is 2. The summed E-state index contributed by atoms with van der Waals surface area (Å²) in [6.45, 7) is 4.59. The van der Waals surface area contributed by atoms with Gasteiger partial charge in [0.05, 0.1) is 22.2 Å². The lowest BCUT2D eigenvalue weighted by Gasteiger charge is -2.34. The molecular weight excluding hydrogens is 357 g/mol. The van der Waals surface area contributed by atoms with E-state index in [1.807, 2.05) is 11.5 Å². The molecule has 1 aliphatic rings. The molecule has 134 valence electrons. The number of nitrogens with zero attached hydrogens (tertiary/aromatic N) is 4. The first kappa shape index (κ1) is 17.7. The van der Waals surface area contributed by atoms with Gasteiger partial charge in [0.2, 0.25) is 0 Å². The van der Waals surface area contributed by atoms with E-state index in [1.54, 1.807) is 6.92 Å². The second-order valence-electron chi connectivity index (χ2n) is 5.82. The van der Waals surface area contributed by atoms with Crippen LogP contribution in [0.4, 0.5) is 13.2 Å². The lowest BCUT2D eigenvalue weighted by Crippen LogP contribution is -2.41. The average molecular weight is 373 g/mol. The van der Waals surface area contributed by atoms with Crippen molar-refractivity contribution in [2.45, 2.75) is 39.0 Å². The third-order valence-electron chi connectivity index (χ3n) is 4.37. The standard InChI is InChI=1S/C16H16ClF3N4O/c1-3-12-21-22-14-9(2)23(7-8-24(12)14)15(25)10-5-4-6-11(13(10)17)16(18,19)20/h4-6,9H,3,7-8H2,1-2H3/t9-/m0/s1. The van der Waals surface area contributed by atoms with E-state index in [1.165, 1.54) is 17.0 Å². The highest BCUT2D eigenvalue weighted by molar-refractivity contribution is 6.34. The zero-order valence-electron chi connectivity index (χ0n) is 13.6. The topological polar surface area (TPSA) is 51.0 Å². The van der Waals surface area contributed by atoms with Gasteiger partial charge in [0, 0.05) is 19.5 Å². The third-order valence-corrected chi connectivity index (χ3v) is 4.78. The van der Waals surface area contributed by atoms with Gasteiger partial charge in [-0.05, 0) is 19.1 Å². The highest BCUT2D eigenvalue weighted by Crippen LogP contribution is 2.37. The first-order valence-electron chi connectivity index (χ1n) is 7.84. The van der Waals surface area contributed by atoms with Gasteiger partial charge in [-0.2, -0.15) is 13.2 Å². The van der Waals surface area contributed by atoms with E-state index < -0.39 is 28.7 Å². The van der Waals surface area contributed by atoms with Crippen LogP contribution in [0.15, 0.2) is 18.2 Å². The van der Waals surface area contributed by atoms with Crippen LogP contribution in [0.1, 0.15) is 47.5 Å². The number of benzene rings is 1. The molecule has 0 fully saturated rings. The number of halogens is 4. The molecule has 1 aromatic carbocycles. The number of fused-ring (bicyclic) bond motifs is 1. The fraction of sp³-hybridized carbons (Fsp3) is 0.438. The zero-order valence-corrected chi connectivity index (χ0v) is 14.4. The van der Waals surface area contributed by atoms with Crippen molar-refractivity contribution in [3.8, 4) is 0 Å². The fourth-order valence-electron chi connectivity index (χ4n) is 3.05. The Kier molecular flexibility index (Phi) is 4.49. The Morgan fingerprint density at radius 2 is 2.04 bits per heavy atom. The van der Waals surface area contributed by atoms with Crippen molar-refractivity contribution in [1.82, 2.24) is 19.7 Å². The van der Waals surface area contributed by atoms with Gasteiger partial charge in [-0.1, -0.05) is 24.6 Å². The minimum atomic E-state index is -4.61. The van der Waals surface area contributed by atoms with E-state index in [0.717, 1.165) is 11.9 Å².